The first-order valence-electron chi connectivity index (χ1n) is 9.93. The molecule has 1 saturated carbocycles. The second kappa shape index (κ2) is 6.59. The number of hydrogen-bond donors (Lipinski definition) is 0. The molecule has 1 saturated heterocycles. The van der Waals surface area contributed by atoms with E-state index in [9.17, 15) is 9.59 Å². The predicted molar refractivity (Wildman–Crippen MR) is 107 cm³/mol. The number of imide groups is 1. The van der Waals surface area contributed by atoms with Gasteiger partial charge in [0.05, 0.1) is 24.7 Å². The highest BCUT2D eigenvalue weighted by molar-refractivity contribution is 6.08. The Kier molecular flexibility index (Phi) is 4.04. The van der Waals surface area contributed by atoms with E-state index in [1.165, 1.54) is 0 Å². The maximum absolute atomic E-state index is 13.0. The summed E-state index contributed by atoms with van der Waals surface area (Å²) in [6.45, 7) is 2.46. The molecule has 2 bridgehead atoms. The molecule has 0 unspecified atom stereocenters. The van der Waals surface area contributed by atoms with Crippen LogP contribution in [0.15, 0.2) is 53.7 Å². The van der Waals surface area contributed by atoms with E-state index in [4.69, 9.17) is 4.74 Å². The van der Waals surface area contributed by atoms with Gasteiger partial charge in [0.2, 0.25) is 0 Å². The van der Waals surface area contributed by atoms with Crippen LogP contribution < -0.4 is 4.74 Å². The third kappa shape index (κ3) is 2.49. The molecule has 5 heteroatoms. The zero-order chi connectivity index (χ0) is 19.3. The summed E-state index contributed by atoms with van der Waals surface area (Å²) in [5, 5.41) is 7.51. The molecule has 2 aromatic rings. The number of hydrogen-bond acceptors (Lipinski definition) is 4. The van der Waals surface area contributed by atoms with Crippen LogP contribution in [0.1, 0.15) is 25.3 Å². The van der Waals surface area contributed by atoms with Gasteiger partial charge in [0.25, 0.3) is 11.8 Å². The molecule has 28 heavy (non-hydrogen) atoms. The third-order valence-electron chi connectivity index (χ3n) is 6.27. The monoisotopic (exact) mass is 374 g/mol. The molecular formula is C23H22N2O3. The van der Waals surface area contributed by atoms with Crippen LogP contribution in [0.2, 0.25) is 0 Å². The normalized spacial score (nSPS) is 28.5. The van der Waals surface area contributed by atoms with Crippen molar-refractivity contribution in [1.29, 1.82) is 0 Å². The molecule has 0 radical (unpaired) electrons. The van der Waals surface area contributed by atoms with Gasteiger partial charge >= 0.3 is 0 Å². The van der Waals surface area contributed by atoms with E-state index in [2.05, 4.69) is 17.3 Å². The maximum atomic E-state index is 13.0. The minimum atomic E-state index is -0.243. The minimum absolute atomic E-state index is 0.163. The standard InChI is InChI=1S/C23H22N2O3/c1-2-28-19-12-11-14-5-3-4-6-17(14)18(19)13-24-25-22(26)20-15-7-8-16(10-9-15)21(20)23(25)27/h3-8,11-13,15-16,20-21H,2,9-10H2,1H3/b24-13-/t15-,16-,20-,21-/m0/s1. The van der Waals surface area contributed by atoms with Gasteiger partial charge in [-0.2, -0.15) is 10.1 Å². The van der Waals surface area contributed by atoms with Crippen LogP contribution >= 0.6 is 0 Å². The van der Waals surface area contributed by atoms with Gasteiger partial charge in [0.15, 0.2) is 0 Å². The van der Waals surface area contributed by atoms with Crippen molar-refractivity contribution in [2.75, 3.05) is 6.61 Å². The van der Waals surface area contributed by atoms with Crippen LogP contribution in [0.3, 0.4) is 0 Å². The highest BCUT2D eigenvalue weighted by Crippen LogP contribution is 2.49. The van der Waals surface area contributed by atoms with Crippen LogP contribution in [0, 0.1) is 23.7 Å². The Labute approximate surface area is 163 Å². The molecule has 1 aliphatic heterocycles. The van der Waals surface area contributed by atoms with Crippen molar-refractivity contribution in [2.45, 2.75) is 19.8 Å². The van der Waals surface area contributed by atoms with Crippen molar-refractivity contribution >= 4 is 28.8 Å². The number of carbonyl (C=O) groups excluding carboxylic acids is 2. The van der Waals surface area contributed by atoms with Crippen LogP contribution in [-0.4, -0.2) is 29.6 Å². The van der Waals surface area contributed by atoms with Crippen molar-refractivity contribution in [3.8, 4) is 5.75 Å². The molecule has 142 valence electrons. The van der Waals surface area contributed by atoms with E-state index >= 15 is 0 Å². The molecule has 5 nitrogen and oxygen atoms in total. The number of fused-ring (bicyclic) bond motifs is 2. The van der Waals surface area contributed by atoms with Gasteiger partial charge in [-0.1, -0.05) is 42.5 Å². The van der Waals surface area contributed by atoms with Crippen molar-refractivity contribution < 1.29 is 14.3 Å². The molecule has 0 spiro atoms. The van der Waals surface area contributed by atoms with Gasteiger partial charge in [0.1, 0.15) is 5.75 Å². The second-order valence-corrected chi connectivity index (χ2v) is 7.71. The minimum Gasteiger partial charge on any atom is -0.493 e. The van der Waals surface area contributed by atoms with E-state index < -0.39 is 0 Å². The smallest absolute Gasteiger partial charge is 0.254 e. The van der Waals surface area contributed by atoms with Crippen molar-refractivity contribution in [3.63, 3.8) is 0 Å². The summed E-state index contributed by atoms with van der Waals surface area (Å²) in [6, 6.07) is 11.9. The van der Waals surface area contributed by atoms with E-state index in [-0.39, 0.29) is 35.5 Å². The van der Waals surface area contributed by atoms with Gasteiger partial charge in [-0.25, -0.2) is 0 Å². The lowest BCUT2D eigenvalue weighted by Crippen LogP contribution is -2.38. The number of nitrogens with zero attached hydrogens (tertiary/aromatic N) is 2. The number of amides is 2. The Bertz CT molecular complexity index is 994. The van der Waals surface area contributed by atoms with E-state index in [1.54, 1.807) is 6.21 Å². The molecule has 2 fully saturated rings. The Morgan fingerprint density at radius 1 is 1.04 bits per heavy atom. The number of hydrazone groups is 1. The number of benzene rings is 2. The lowest BCUT2D eigenvalue weighted by atomic mass is 9.63. The van der Waals surface area contributed by atoms with Crippen LogP contribution in [0.4, 0.5) is 0 Å². The molecule has 2 amide bonds. The molecule has 4 atom stereocenters. The SMILES string of the molecule is CCOc1ccc2ccccc2c1/C=N\N1C(=O)[C@@H]2[C@@H](C1=O)[C@H]1C=C[C@H]2CC1. The van der Waals surface area contributed by atoms with Crippen LogP contribution in [0.5, 0.6) is 5.75 Å². The fourth-order valence-corrected chi connectivity index (χ4v) is 4.98. The number of rotatable bonds is 4. The number of carbonyl (C=O) groups is 2. The lowest BCUT2D eigenvalue weighted by Gasteiger charge is -2.37. The Hall–Kier alpha value is -2.95. The summed E-state index contributed by atoms with van der Waals surface area (Å²) >= 11 is 0. The summed E-state index contributed by atoms with van der Waals surface area (Å²) in [7, 11) is 0. The lowest BCUT2D eigenvalue weighted by molar-refractivity contribution is -0.140. The van der Waals surface area contributed by atoms with Crippen molar-refractivity contribution in [1.82, 2.24) is 5.01 Å². The summed E-state index contributed by atoms with van der Waals surface area (Å²) in [4.78, 5) is 25.9. The highest BCUT2D eigenvalue weighted by Gasteiger charge is 2.56. The van der Waals surface area contributed by atoms with Gasteiger partial charge in [0, 0.05) is 5.56 Å². The Morgan fingerprint density at radius 3 is 2.36 bits per heavy atom. The van der Waals surface area contributed by atoms with E-state index in [1.807, 2.05) is 43.3 Å². The van der Waals surface area contributed by atoms with E-state index in [0.29, 0.717) is 12.4 Å². The molecule has 3 aliphatic carbocycles. The van der Waals surface area contributed by atoms with Gasteiger partial charge < -0.3 is 4.74 Å². The average molecular weight is 374 g/mol. The first-order chi connectivity index (χ1) is 13.7. The van der Waals surface area contributed by atoms with Gasteiger partial charge in [-0.3, -0.25) is 9.59 Å². The summed E-state index contributed by atoms with van der Waals surface area (Å²) in [5.74, 6) is 0.223. The average Bonchev–Trinajstić information content (AvgIpc) is 3.00. The van der Waals surface area contributed by atoms with E-state index in [0.717, 1.165) is 34.2 Å². The zero-order valence-electron chi connectivity index (χ0n) is 15.7. The highest BCUT2D eigenvalue weighted by atomic mass is 16.5. The summed E-state index contributed by atoms with van der Waals surface area (Å²) in [5.41, 5.74) is 0.788. The molecule has 2 aromatic carbocycles. The predicted octanol–water partition coefficient (Wildman–Crippen LogP) is 3.77. The topological polar surface area (TPSA) is 59.0 Å². The van der Waals surface area contributed by atoms with Crippen LogP contribution in [-0.2, 0) is 9.59 Å². The first-order valence-corrected chi connectivity index (χ1v) is 9.93. The molecule has 0 aromatic heterocycles. The number of allylic oxidation sites excluding steroid dienone is 2. The first kappa shape index (κ1) is 17.2. The quantitative estimate of drug-likeness (QED) is 0.465. The summed E-state index contributed by atoms with van der Waals surface area (Å²) in [6.07, 6.45) is 7.81. The third-order valence-corrected chi connectivity index (χ3v) is 6.27. The molecule has 0 N–H and O–H groups in total. The van der Waals surface area contributed by atoms with Gasteiger partial charge in [-0.05, 0) is 48.4 Å². The number of ether oxygens (including phenoxy) is 1. The zero-order valence-corrected chi connectivity index (χ0v) is 15.7. The van der Waals surface area contributed by atoms with Crippen molar-refractivity contribution in [3.05, 3.63) is 54.1 Å². The fourth-order valence-electron chi connectivity index (χ4n) is 4.98. The molecular weight excluding hydrogens is 352 g/mol. The second-order valence-electron chi connectivity index (χ2n) is 7.71. The Balaban J connectivity index is 1.52. The molecule has 1 heterocycles. The summed E-state index contributed by atoms with van der Waals surface area (Å²) < 4.78 is 5.76. The van der Waals surface area contributed by atoms with Crippen molar-refractivity contribution in [2.24, 2.45) is 28.8 Å². The maximum Gasteiger partial charge on any atom is 0.254 e. The molecule has 6 rings (SSSR count). The fraction of sp³-hybridized carbons (Fsp3) is 0.348. The van der Waals surface area contributed by atoms with Gasteiger partial charge in [-0.15, -0.1) is 0 Å². The molecule has 4 aliphatic rings. The Morgan fingerprint density at radius 2 is 1.71 bits per heavy atom. The van der Waals surface area contributed by atoms with Crippen LogP contribution in [0.25, 0.3) is 10.8 Å². The largest absolute Gasteiger partial charge is 0.493 e.